The van der Waals surface area contributed by atoms with Crippen LogP contribution < -0.4 is 0 Å². The van der Waals surface area contributed by atoms with Gasteiger partial charge in [-0.2, -0.15) is 0 Å². The molecule has 0 bridgehead atoms. The maximum absolute atomic E-state index is 12.4. The van der Waals surface area contributed by atoms with Gasteiger partial charge in [0.1, 0.15) is 18.0 Å². The minimum Gasteiger partial charge on any atom is -0.481 e. The third kappa shape index (κ3) is 4.42. The van der Waals surface area contributed by atoms with Crippen LogP contribution in [-0.2, 0) is 28.7 Å². The van der Waals surface area contributed by atoms with Gasteiger partial charge < -0.3 is 14.6 Å². The Balaban J connectivity index is 1.79. The first-order valence-corrected chi connectivity index (χ1v) is 13.5. The molecule has 4 fully saturated rings. The summed E-state index contributed by atoms with van der Waals surface area (Å²) < 4.78 is 12.2. The van der Waals surface area contributed by atoms with Crippen molar-refractivity contribution in [3.63, 3.8) is 0 Å². The van der Waals surface area contributed by atoms with Gasteiger partial charge in [0.2, 0.25) is 0 Å². The predicted molar refractivity (Wildman–Crippen MR) is 128 cm³/mol. The van der Waals surface area contributed by atoms with Crippen LogP contribution in [-0.4, -0.2) is 41.0 Å². The molecule has 7 heteroatoms. The van der Waals surface area contributed by atoms with Crippen molar-refractivity contribution in [2.75, 3.05) is 0 Å². The molecular formula is C28H42O7. The molecule has 0 aromatic heterocycles. The number of hydrogen-bond acceptors (Lipinski definition) is 6. The number of carbonyl (C=O) groups is 4. The Hall–Kier alpha value is -1.92. The first-order valence-electron chi connectivity index (χ1n) is 13.5. The Morgan fingerprint density at radius 2 is 1.74 bits per heavy atom. The molecule has 0 heterocycles. The van der Waals surface area contributed by atoms with E-state index in [1.165, 1.54) is 13.8 Å². The minimum absolute atomic E-state index is 0.0359. The standard InChI is InChI=1S/C28H42O7/c1-15(6-11-23(32)33)21-9-10-22-20-8-7-18-14-19(31)12-13-27(18,4)24(20)25(34-16(2)29)26(28(21,22)5)35-17(3)30/h15,18,20-22,24-26H,6-14H2,1-5H3,(H,32,33)/t15-,18-,20+,21-,22+,24-,25?,26?,27+,28-/m1/s1. The summed E-state index contributed by atoms with van der Waals surface area (Å²) in [5.74, 6) is 0.00355. The monoisotopic (exact) mass is 490 g/mol. The molecule has 4 aliphatic rings. The molecule has 0 saturated heterocycles. The zero-order valence-electron chi connectivity index (χ0n) is 21.9. The average molecular weight is 491 g/mol. The van der Waals surface area contributed by atoms with Gasteiger partial charge in [-0.3, -0.25) is 19.2 Å². The van der Waals surface area contributed by atoms with Crippen LogP contribution in [0.2, 0.25) is 0 Å². The van der Waals surface area contributed by atoms with Gasteiger partial charge in [0.05, 0.1) is 0 Å². The summed E-state index contributed by atoms with van der Waals surface area (Å²) in [7, 11) is 0. The molecule has 0 aromatic carbocycles. The highest BCUT2D eigenvalue weighted by atomic mass is 16.6. The van der Waals surface area contributed by atoms with E-state index in [0.29, 0.717) is 36.9 Å². The molecule has 0 amide bonds. The predicted octanol–water partition coefficient (Wildman–Crippen LogP) is 4.80. The number of rotatable bonds is 6. The zero-order valence-corrected chi connectivity index (χ0v) is 21.9. The highest BCUT2D eigenvalue weighted by molar-refractivity contribution is 5.79. The van der Waals surface area contributed by atoms with Crippen molar-refractivity contribution in [2.45, 2.75) is 105 Å². The maximum atomic E-state index is 12.4. The molecule has 4 saturated carbocycles. The van der Waals surface area contributed by atoms with E-state index < -0.39 is 23.6 Å². The SMILES string of the molecule is CC(=O)OC1C(OC(C)=O)[C@]2(C)[C@@H]([C@H](C)CCC(=O)O)CC[C@H]2[C@@H]2CC[C@@H]3CC(=O)CC[C@]3(C)[C@@H]12. The van der Waals surface area contributed by atoms with E-state index in [1.54, 1.807) is 0 Å². The molecule has 1 N–H and O–H groups in total. The van der Waals surface area contributed by atoms with Crippen LogP contribution in [0.15, 0.2) is 0 Å². The van der Waals surface area contributed by atoms with Crippen LogP contribution in [0.5, 0.6) is 0 Å². The summed E-state index contributed by atoms with van der Waals surface area (Å²) in [4.78, 5) is 48.5. The van der Waals surface area contributed by atoms with Gasteiger partial charge in [-0.25, -0.2) is 0 Å². The Morgan fingerprint density at radius 3 is 2.37 bits per heavy atom. The third-order valence-corrected chi connectivity index (χ3v) is 10.7. The van der Waals surface area contributed by atoms with Crippen LogP contribution >= 0.6 is 0 Å². The number of Topliss-reactive ketones (excluding diaryl/α,β-unsaturated/α-hetero) is 1. The van der Waals surface area contributed by atoms with Crippen molar-refractivity contribution < 1.29 is 33.8 Å². The molecule has 4 rings (SSSR count). The van der Waals surface area contributed by atoms with Crippen LogP contribution in [0.3, 0.4) is 0 Å². The first-order chi connectivity index (χ1) is 16.4. The lowest BCUT2D eigenvalue weighted by atomic mass is 9.43. The van der Waals surface area contributed by atoms with Gasteiger partial charge in [0.25, 0.3) is 0 Å². The fourth-order valence-corrected chi connectivity index (χ4v) is 9.27. The number of carboxylic acid groups (broad SMARTS) is 1. The van der Waals surface area contributed by atoms with Crippen LogP contribution in [0, 0.1) is 46.3 Å². The lowest BCUT2D eigenvalue weighted by molar-refractivity contribution is -0.245. The number of ether oxygens (including phenoxy) is 2. The number of carbonyl (C=O) groups excluding carboxylic acids is 3. The molecule has 2 unspecified atom stereocenters. The van der Waals surface area contributed by atoms with Crippen LogP contribution in [0.25, 0.3) is 0 Å². The van der Waals surface area contributed by atoms with Crippen LogP contribution in [0.4, 0.5) is 0 Å². The molecule has 35 heavy (non-hydrogen) atoms. The summed E-state index contributed by atoms with van der Waals surface area (Å²) in [6, 6.07) is 0. The molecule has 0 spiro atoms. The Bertz CT molecular complexity index is 883. The zero-order chi connectivity index (χ0) is 25.7. The maximum Gasteiger partial charge on any atom is 0.303 e. The number of aliphatic carboxylic acids is 1. The van der Waals surface area contributed by atoms with E-state index in [-0.39, 0.29) is 47.4 Å². The quantitative estimate of drug-likeness (QED) is 0.533. The van der Waals surface area contributed by atoms with Crippen LogP contribution in [0.1, 0.15) is 92.4 Å². The Morgan fingerprint density at radius 1 is 1.06 bits per heavy atom. The molecule has 196 valence electrons. The van der Waals surface area contributed by atoms with E-state index in [9.17, 15) is 24.3 Å². The van der Waals surface area contributed by atoms with E-state index in [0.717, 1.165) is 32.1 Å². The van der Waals surface area contributed by atoms with Gasteiger partial charge in [-0.15, -0.1) is 0 Å². The van der Waals surface area contributed by atoms with Crippen molar-refractivity contribution >= 4 is 23.7 Å². The number of fused-ring (bicyclic) bond motifs is 5. The second kappa shape index (κ2) is 9.51. The normalized spacial score (nSPS) is 43.3. The Kier molecular flexibility index (Phi) is 7.11. The molecular weight excluding hydrogens is 448 g/mol. The second-order valence-corrected chi connectivity index (χ2v) is 12.4. The average Bonchev–Trinajstić information content (AvgIpc) is 3.12. The van der Waals surface area contributed by atoms with E-state index >= 15 is 0 Å². The molecule has 10 atom stereocenters. The van der Waals surface area contributed by atoms with Gasteiger partial charge in [-0.1, -0.05) is 20.8 Å². The summed E-state index contributed by atoms with van der Waals surface area (Å²) in [5, 5.41) is 9.27. The summed E-state index contributed by atoms with van der Waals surface area (Å²) >= 11 is 0. The summed E-state index contributed by atoms with van der Waals surface area (Å²) in [6.45, 7) is 9.42. The molecule has 7 nitrogen and oxygen atoms in total. The smallest absolute Gasteiger partial charge is 0.303 e. The largest absolute Gasteiger partial charge is 0.481 e. The minimum atomic E-state index is -0.798. The highest BCUT2D eigenvalue weighted by Crippen LogP contribution is 2.69. The van der Waals surface area contributed by atoms with Gasteiger partial charge >= 0.3 is 17.9 Å². The van der Waals surface area contributed by atoms with Crippen molar-refractivity contribution in [3.05, 3.63) is 0 Å². The Labute approximate surface area is 208 Å². The number of hydrogen-bond donors (Lipinski definition) is 1. The number of ketones is 1. The second-order valence-electron chi connectivity index (χ2n) is 12.4. The van der Waals surface area contributed by atoms with E-state index in [4.69, 9.17) is 9.47 Å². The molecule has 0 aromatic rings. The molecule has 4 aliphatic carbocycles. The number of carboxylic acids is 1. The lowest BCUT2D eigenvalue weighted by Gasteiger charge is -2.64. The van der Waals surface area contributed by atoms with Crippen molar-refractivity contribution in [1.29, 1.82) is 0 Å². The third-order valence-electron chi connectivity index (χ3n) is 10.7. The summed E-state index contributed by atoms with van der Waals surface area (Å²) in [5.41, 5.74) is -0.553. The van der Waals surface area contributed by atoms with Gasteiger partial charge in [0, 0.05) is 44.4 Å². The molecule has 0 aliphatic heterocycles. The van der Waals surface area contributed by atoms with E-state index in [1.807, 2.05) is 0 Å². The van der Waals surface area contributed by atoms with Crippen molar-refractivity contribution in [1.82, 2.24) is 0 Å². The highest BCUT2D eigenvalue weighted by Gasteiger charge is 2.69. The van der Waals surface area contributed by atoms with Gasteiger partial charge in [0.15, 0.2) is 0 Å². The van der Waals surface area contributed by atoms with Crippen molar-refractivity contribution in [3.8, 4) is 0 Å². The fraction of sp³-hybridized carbons (Fsp3) is 0.857. The van der Waals surface area contributed by atoms with E-state index in [2.05, 4.69) is 20.8 Å². The topological polar surface area (TPSA) is 107 Å². The summed E-state index contributed by atoms with van der Waals surface area (Å²) in [6.07, 6.45) is 5.41. The lowest BCUT2D eigenvalue weighted by Crippen LogP contribution is -2.67. The first kappa shape index (κ1) is 26.2. The van der Waals surface area contributed by atoms with Gasteiger partial charge in [-0.05, 0) is 73.5 Å². The number of esters is 2. The molecule has 0 radical (unpaired) electrons. The fourth-order valence-electron chi connectivity index (χ4n) is 9.27. The van der Waals surface area contributed by atoms with Crippen molar-refractivity contribution in [2.24, 2.45) is 46.3 Å².